The Morgan fingerprint density at radius 2 is 2.16 bits per heavy atom. The quantitative estimate of drug-likeness (QED) is 0.806. The van der Waals surface area contributed by atoms with Gasteiger partial charge in [0.05, 0.1) is 5.92 Å². The van der Waals surface area contributed by atoms with Crippen molar-refractivity contribution in [1.29, 1.82) is 0 Å². The highest BCUT2D eigenvalue weighted by Gasteiger charge is 2.36. The van der Waals surface area contributed by atoms with Crippen molar-refractivity contribution in [2.45, 2.75) is 11.3 Å². The van der Waals surface area contributed by atoms with Gasteiger partial charge in [0.2, 0.25) is 10.0 Å². The lowest BCUT2D eigenvalue weighted by atomic mass is 10.1. The molecule has 1 fully saturated rings. The van der Waals surface area contributed by atoms with Crippen LogP contribution >= 0.6 is 0 Å². The van der Waals surface area contributed by atoms with E-state index in [0.717, 1.165) is 4.31 Å². The molecule has 104 valence electrons. The van der Waals surface area contributed by atoms with Crippen LogP contribution in [0.1, 0.15) is 6.42 Å². The van der Waals surface area contributed by atoms with E-state index < -0.39 is 27.5 Å². The van der Waals surface area contributed by atoms with Gasteiger partial charge in [-0.05, 0) is 18.6 Å². The fourth-order valence-corrected chi connectivity index (χ4v) is 3.67. The van der Waals surface area contributed by atoms with Crippen molar-refractivity contribution in [3.63, 3.8) is 0 Å². The summed E-state index contributed by atoms with van der Waals surface area (Å²) in [6.45, 7) is 0.0348. The van der Waals surface area contributed by atoms with Crippen LogP contribution in [-0.2, 0) is 21.9 Å². The number of rotatable bonds is 3. The maximum atomic E-state index is 12.3. The number of hydrogen-bond acceptors (Lipinski definition) is 4. The van der Waals surface area contributed by atoms with Crippen molar-refractivity contribution in [3.8, 4) is 0 Å². The minimum absolute atomic E-state index is 0.0876. The molecular formula is C11H14N2O5S. The fraction of sp³-hybridized carbons (Fsp3) is 0.455. The summed E-state index contributed by atoms with van der Waals surface area (Å²) in [7, 11) is -2.46. The zero-order valence-electron chi connectivity index (χ0n) is 10.3. The number of nitrogens with zero attached hydrogens (tertiary/aromatic N) is 2. The number of carboxylic acid groups (broad SMARTS) is 1. The van der Waals surface area contributed by atoms with Crippen LogP contribution in [0.25, 0.3) is 0 Å². The smallest absolute Gasteiger partial charge is 0.307 e. The molecule has 7 nitrogen and oxygen atoms in total. The van der Waals surface area contributed by atoms with Gasteiger partial charge in [-0.1, -0.05) is 0 Å². The molecule has 0 aliphatic carbocycles. The lowest BCUT2D eigenvalue weighted by Crippen LogP contribution is -2.35. The Hall–Kier alpha value is -1.67. The first kappa shape index (κ1) is 13.8. The van der Waals surface area contributed by atoms with Gasteiger partial charge in [-0.2, -0.15) is 4.31 Å². The van der Waals surface area contributed by atoms with Gasteiger partial charge in [-0.15, -0.1) is 0 Å². The van der Waals surface area contributed by atoms with Crippen LogP contribution in [0.15, 0.2) is 28.0 Å². The number of aromatic nitrogens is 1. The van der Waals surface area contributed by atoms with E-state index in [1.54, 1.807) is 0 Å². The van der Waals surface area contributed by atoms with E-state index in [2.05, 4.69) is 0 Å². The Kier molecular flexibility index (Phi) is 3.46. The number of pyridine rings is 1. The molecule has 1 aromatic heterocycles. The third-order valence-electron chi connectivity index (χ3n) is 3.21. The van der Waals surface area contributed by atoms with Gasteiger partial charge in [-0.3, -0.25) is 9.59 Å². The van der Waals surface area contributed by atoms with E-state index in [1.807, 2.05) is 0 Å². The van der Waals surface area contributed by atoms with Crippen LogP contribution < -0.4 is 5.56 Å². The van der Waals surface area contributed by atoms with E-state index in [9.17, 15) is 18.0 Å². The predicted molar refractivity (Wildman–Crippen MR) is 66.2 cm³/mol. The molecule has 1 aliphatic heterocycles. The second kappa shape index (κ2) is 4.78. The number of sulfonamides is 1. The van der Waals surface area contributed by atoms with Crippen molar-refractivity contribution in [2.24, 2.45) is 13.0 Å². The molecule has 1 saturated heterocycles. The summed E-state index contributed by atoms with van der Waals surface area (Å²) in [6.07, 6.45) is 1.73. The van der Waals surface area contributed by atoms with Gasteiger partial charge in [0.25, 0.3) is 5.56 Å². The van der Waals surface area contributed by atoms with E-state index in [-0.39, 0.29) is 24.4 Å². The van der Waals surface area contributed by atoms with E-state index in [0.29, 0.717) is 0 Å². The molecule has 1 aliphatic rings. The van der Waals surface area contributed by atoms with Crippen molar-refractivity contribution in [3.05, 3.63) is 28.7 Å². The van der Waals surface area contributed by atoms with Crippen LogP contribution in [-0.4, -0.2) is 41.5 Å². The van der Waals surface area contributed by atoms with Crippen molar-refractivity contribution < 1.29 is 18.3 Å². The molecule has 0 unspecified atom stereocenters. The summed E-state index contributed by atoms with van der Waals surface area (Å²) >= 11 is 0. The topological polar surface area (TPSA) is 96.7 Å². The Balaban J connectivity index is 2.37. The third-order valence-corrected chi connectivity index (χ3v) is 5.08. The average molecular weight is 286 g/mol. The third kappa shape index (κ3) is 2.41. The van der Waals surface area contributed by atoms with Gasteiger partial charge in [0.1, 0.15) is 4.90 Å². The van der Waals surface area contributed by atoms with E-state index in [1.165, 1.54) is 29.9 Å². The van der Waals surface area contributed by atoms with Gasteiger partial charge in [-0.25, -0.2) is 8.42 Å². The summed E-state index contributed by atoms with van der Waals surface area (Å²) in [6, 6.07) is 2.71. The van der Waals surface area contributed by atoms with Gasteiger partial charge in [0.15, 0.2) is 0 Å². The SMILES string of the molecule is Cn1cccc(S(=O)(=O)N2CC[C@@H](C(=O)O)C2)c1=O. The maximum absolute atomic E-state index is 12.3. The second-order valence-corrected chi connectivity index (χ2v) is 6.38. The van der Waals surface area contributed by atoms with Crippen LogP contribution in [0.2, 0.25) is 0 Å². The Morgan fingerprint density at radius 3 is 2.74 bits per heavy atom. The van der Waals surface area contributed by atoms with Gasteiger partial charge < -0.3 is 9.67 Å². The minimum Gasteiger partial charge on any atom is -0.481 e. The lowest BCUT2D eigenvalue weighted by Gasteiger charge is -2.15. The Morgan fingerprint density at radius 1 is 1.47 bits per heavy atom. The highest BCUT2D eigenvalue weighted by atomic mass is 32.2. The lowest BCUT2D eigenvalue weighted by molar-refractivity contribution is -0.141. The number of aryl methyl sites for hydroxylation is 1. The van der Waals surface area contributed by atoms with Gasteiger partial charge >= 0.3 is 5.97 Å². The normalized spacial score (nSPS) is 20.6. The first-order valence-corrected chi connectivity index (χ1v) is 7.16. The Bertz CT molecular complexity index is 664. The largest absolute Gasteiger partial charge is 0.481 e. The minimum atomic E-state index is -3.92. The maximum Gasteiger partial charge on any atom is 0.307 e. The molecule has 0 saturated carbocycles. The highest BCUT2D eigenvalue weighted by molar-refractivity contribution is 7.89. The summed E-state index contributed by atoms with van der Waals surface area (Å²) in [5, 5.41) is 8.88. The summed E-state index contributed by atoms with van der Waals surface area (Å²) < 4.78 is 26.8. The molecule has 0 aromatic carbocycles. The van der Waals surface area contributed by atoms with Crippen molar-refractivity contribution >= 4 is 16.0 Å². The zero-order chi connectivity index (χ0) is 14.2. The van der Waals surface area contributed by atoms with Crippen molar-refractivity contribution in [1.82, 2.24) is 8.87 Å². The number of carbonyl (C=O) groups is 1. The molecule has 1 atom stereocenters. The molecule has 0 bridgehead atoms. The first-order chi connectivity index (χ1) is 8.84. The molecule has 2 rings (SSSR count). The van der Waals surface area contributed by atoms with Crippen LogP contribution in [0, 0.1) is 5.92 Å². The summed E-state index contributed by atoms with van der Waals surface area (Å²) in [4.78, 5) is 22.4. The van der Waals surface area contributed by atoms with Crippen molar-refractivity contribution in [2.75, 3.05) is 13.1 Å². The summed E-state index contributed by atoms with van der Waals surface area (Å²) in [5.41, 5.74) is -0.610. The molecule has 1 N–H and O–H groups in total. The predicted octanol–water partition coefficient (Wildman–Crippen LogP) is -0.519. The molecule has 2 heterocycles. The van der Waals surface area contributed by atoms with Crippen LogP contribution in [0.5, 0.6) is 0 Å². The highest BCUT2D eigenvalue weighted by Crippen LogP contribution is 2.22. The van der Waals surface area contributed by atoms with Crippen LogP contribution in [0.4, 0.5) is 0 Å². The summed E-state index contributed by atoms with van der Waals surface area (Å²) in [5.74, 6) is -1.72. The molecule has 0 amide bonds. The molecule has 8 heteroatoms. The van der Waals surface area contributed by atoms with Crippen LogP contribution in [0.3, 0.4) is 0 Å². The number of hydrogen-bond donors (Lipinski definition) is 1. The fourth-order valence-electron chi connectivity index (χ4n) is 2.06. The number of aliphatic carboxylic acids is 1. The molecular weight excluding hydrogens is 272 g/mol. The monoisotopic (exact) mass is 286 g/mol. The number of carboxylic acids is 1. The molecule has 19 heavy (non-hydrogen) atoms. The molecule has 0 spiro atoms. The standard InChI is InChI=1S/C11H14N2O5S/c1-12-5-2-3-9(10(12)14)19(17,18)13-6-4-8(7-13)11(15)16/h2-3,5,8H,4,6-7H2,1H3,(H,15,16)/t8-/m1/s1. The van der Waals surface area contributed by atoms with Gasteiger partial charge in [0, 0.05) is 26.3 Å². The Labute approximate surface area is 110 Å². The first-order valence-electron chi connectivity index (χ1n) is 5.72. The average Bonchev–Trinajstić information content (AvgIpc) is 2.82. The van der Waals surface area contributed by atoms with E-state index >= 15 is 0 Å². The molecule has 1 aromatic rings. The second-order valence-electron chi connectivity index (χ2n) is 4.48. The molecule has 0 radical (unpaired) electrons. The zero-order valence-corrected chi connectivity index (χ0v) is 11.1. The van der Waals surface area contributed by atoms with E-state index in [4.69, 9.17) is 5.11 Å².